The number of hydrogen-bond donors (Lipinski definition) is 2. The largest absolute Gasteiger partial charge is 0.490 e. The molecule has 0 amide bonds. The van der Waals surface area contributed by atoms with Gasteiger partial charge in [0, 0.05) is 6.54 Å². The highest BCUT2D eigenvalue weighted by molar-refractivity contribution is 5.77. The number of aromatic nitrogens is 2. The molecule has 3 rings (SSSR count). The number of rotatable bonds is 7. The Morgan fingerprint density at radius 2 is 2.00 bits per heavy atom. The van der Waals surface area contributed by atoms with Crippen LogP contribution in [0.25, 0.3) is 11.0 Å². The van der Waals surface area contributed by atoms with Gasteiger partial charge in [0.15, 0.2) is 11.5 Å². The van der Waals surface area contributed by atoms with Crippen molar-refractivity contribution >= 4 is 17.0 Å². The van der Waals surface area contributed by atoms with E-state index in [4.69, 9.17) is 4.74 Å². The molecule has 0 aliphatic rings. The smallest absolute Gasteiger partial charge is 0.387 e. The molecule has 1 heterocycles. The van der Waals surface area contributed by atoms with Crippen LogP contribution >= 0.6 is 0 Å². The van der Waals surface area contributed by atoms with E-state index in [0.717, 1.165) is 16.6 Å². The predicted molar refractivity (Wildman–Crippen MR) is 87.7 cm³/mol. The van der Waals surface area contributed by atoms with Crippen molar-refractivity contribution in [3.63, 3.8) is 0 Å². The van der Waals surface area contributed by atoms with Gasteiger partial charge in [-0.1, -0.05) is 18.2 Å². The molecule has 0 saturated heterocycles. The number of benzene rings is 2. The second-order valence-corrected chi connectivity index (χ2v) is 5.05. The number of imidazole rings is 1. The van der Waals surface area contributed by atoms with E-state index < -0.39 is 6.61 Å². The number of anilines is 1. The van der Waals surface area contributed by atoms with Crippen LogP contribution in [0.15, 0.2) is 42.5 Å². The third kappa shape index (κ3) is 3.73. The van der Waals surface area contributed by atoms with Crippen molar-refractivity contribution in [2.24, 2.45) is 0 Å². The van der Waals surface area contributed by atoms with Crippen LogP contribution in [0.5, 0.6) is 11.5 Å². The minimum atomic E-state index is -2.89. The molecule has 0 radical (unpaired) electrons. The molecule has 2 N–H and O–H groups in total. The molecule has 0 aliphatic heterocycles. The van der Waals surface area contributed by atoms with Gasteiger partial charge in [-0.25, -0.2) is 4.98 Å². The number of halogens is 2. The van der Waals surface area contributed by atoms with Crippen LogP contribution in [-0.2, 0) is 6.54 Å². The second-order valence-electron chi connectivity index (χ2n) is 5.05. The molecule has 0 spiro atoms. The van der Waals surface area contributed by atoms with E-state index in [9.17, 15) is 8.78 Å². The van der Waals surface area contributed by atoms with Crippen molar-refractivity contribution in [2.45, 2.75) is 20.1 Å². The standard InChI is InChI=1S/C17H17F2N3O2/c1-2-23-15-9-11(7-8-14(15)24-16(18)19)10-20-17-21-12-5-3-4-6-13(12)22-17/h3-9,16H,2,10H2,1H3,(H2,20,21,22). The molecule has 1 aromatic heterocycles. The van der Waals surface area contributed by atoms with Crippen LogP contribution in [0.2, 0.25) is 0 Å². The van der Waals surface area contributed by atoms with Gasteiger partial charge in [-0.05, 0) is 36.8 Å². The lowest BCUT2D eigenvalue weighted by molar-refractivity contribution is -0.0514. The number of ether oxygens (including phenoxy) is 2. The molecular weight excluding hydrogens is 316 g/mol. The minimum absolute atomic E-state index is 0.0272. The van der Waals surface area contributed by atoms with E-state index >= 15 is 0 Å². The summed E-state index contributed by atoms with van der Waals surface area (Å²) in [5, 5.41) is 3.17. The fourth-order valence-corrected chi connectivity index (χ4v) is 2.35. The predicted octanol–water partition coefficient (Wildman–Crippen LogP) is 4.18. The molecule has 0 bridgehead atoms. The maximum absolute atomic E-state index is 12.4. The average molecular weight is 333 g/mol. The quantitative estimate of drug-likeness (QED) is 0.681. The summed E-state index contributed by atoms with van der Waals surface area (Å²) >= 11 is 0. The number of nitrogens with zero attached hydrogens (tertiary/aromatic N) is 1. The summed E-state index contributed by atoms with van der Waals surface area (Å²) in [7, 11) is 0. The molecular formula is C17H17F2N3O2. The van der Waals surface area contributed by atoms with E-state index in [1.807, 2.05) is 24.3 Å². The van der Waals surface area contributed by atoms with E-state index in [2.05, 4.69) is 20.0 Å². The zero-order valence-corrected chi connectivity index (χ0v) is 13.1. The number of nitrogens with one attached hydrogen (secondary N) is 2. The fraction of sp³-hybridized carbons (Fsp3) is 0.235. The Kier molecular flexibility index (Phi) is 4.79. The van der Waals surface area contributed by atoms with Gasteiger partial charge < -0.3 is 19.8 Å². The zero-order valence-electron chi connectivity index (χ0n) is 13.1. The Balaban J connectivity index is 1.73. The maximum atomic E-state index is 12.4. The van der Waals surface area contributed by atoms with Gasteiger partial charge in [0.05, 0.1) is 17.6 Å². The van der Waals surface area contributed by atoms with Crippen molar-refractivity contribution in [1.82, 2.24) is 9.97 Å². The number of hydrogen-bond acceptors (Lipinski definition) is 4. The third-order valence-corrected chi connectivity index (χ3v) is 3.37. The Morgan fingerprint density at radius 1 is 1.17 bits per heavy atom. The Bertz CT molecular complexity index is 787. The van der Waals surface area contributed by atoms with Crippen molar-refractivity contribution < 1.29 is 18.3 Å². The first-order valence-corrected chi connectivity index (χ1v) is 7.55. The number of H-pyrrole nitrogens is 1. The summed E-state index contributed by atoms with van der Waals surface area (Å²) in [5.41, 5.74) is 2.67. The average Bonchev–Trinajstić information content (AvgIpc) is 2.98. The molecule has 3 aromatic rings. The van der Waals surface area contributed by atoms with Gasteiger partial charge in [0.1, 0.15) is 0 Å². The summed E-state index contributed by atoms with van der Waals surface area (Å²) in [6.07, 6.45) is 0. The highest BCUT2D eigenvalue weighted by atomic mass is 19.3. The van der Waals surface area contributed by atoms with Gasteiger partial charge in [-0.15, -0.1) is 0 Å². The molecule has 0 saturated carbocycles. The van der Waals surface area contributed by atoms with Gasteiger partial charge in [-0.2, -0.15) is 8.78 Å². The number of para-hydroxylation sites is 2. The van der Waals surface area contributed by atoms with Crippen molar-refractivity contribution in [3.05, 3.63) is 48.0 Å². The van der Waals surface area contributed by atoms with Crippen LogP contribution in [0.1, 0.15) is 12.5 Å². The summed E-state index contributed by atoms with van der Waals surface area (Å²) < 4.78 is 34.6. The molecule has 5 nitrogen and oxygen atoms in total. The number of aromatic amines is 1. The second kappa shape index (κ2) is 7.16. The van der Waals surface area contributed by atoms with Crippen LogP contribution < -0.4 is 14.8 Å². The molecule has 2 aromatic carbocycles. The number of alkyl halides is 2. The normalized spacial score (nSPS) is 11.0. The third-order valence-electron chi connectivity index (χ3n) is 3.37. The SMILES string of the molecule is CCOc1cc(CNc2nc3ccccc3[nH]2)ccc1OC(F)F. The highest BCUT2D eigenvalue weighted by Gasteiger charge is 2.12. The first-order chi connectivity index (χ1) is 11.7. The first-order valence-electron chi connectivity index (χ1n) is 7.55. The minimum Gasteiger partial charge on any atom is -0.490 e. The summed E-state index contributed by atoms with van der Waals surface area (Å²) in [4.78, 5) is 7.59. The van der Waals surface area contributed by atoms with Gasteiger partial charge in [0.2, 0.25) is 5.95 Å². The van der Waals surface area contributed by atoms with E-state index in [1.54, 1.807) is 19.1 Å². The molecule has 0 atom stereocenters. The van der Waals surface area contributed by atoms with E-state index in [1.165, 1.54) is 6.07 Å². The van der Waals surface area contributed by atoms with Gasteiger partial charge >= 0.3 is 6.61 Å². The Morgan fingerprint density at radius 3 is 2.75 bits per heavy atom. The van der Waals surface area contributed by atoms with Crippen LogP contribution in [0.4, 0.5) is 14.7 Å². The van der Waals surface area contributed by atoms with Gasteiger partial charge in [0.25, 0.3) is 0 Å². The molecule has 7 heteroatoms. The lowest BCUT2D eigenvalue weighted by Crippen LogP contribution is -2.06. The molecule has 0 fully saturated rings. The Hall–Kier alpha value is -2.83. The Labute approximate surface area is 137 Å². The first kappa shape index (κ1) is 16.0. The van der Waals surface area contributed by atoms with Crippen molar-refractivity contribution in [1.29, 1.82) is 0 Å². The monoisotopic (exact) mass is 333 g/mol. The van der Waals surface area contributed by atoms with Crippen molar-refractivity contribution in [2.75, 3.05) is 11.9 Å². The lowest BCUT2D eigenvalue weighted by atomic mass is 10.2. The molecule has 126 valence electrons. The molecule has 24 heavy (non-hydrogen) atoms. The lowest BCUT2D eigenvalue weighted by Gasteiger charge is -2.13. The van der Waals surface area contributed by atoms with E-state index in [-0.39, 0.29) is 5.75 Å². The van der Waals surface area contributed by atoms with Crippen LogP contribution in [0.3, 0.4) is 0 Å². The van der Waals surface area contributed by atoms with Crippen LogP contribution in [-0.4, -0.2) is 23.2 Å². The van der Waals surface area contributed by atoms with Crippen molar-refractivity contribution in [3.8, 4) is 11.5 Å². The summed E-state index contributed by atoms with van der Waals surface area (Å²) in [5.74, 6) is 0.961. The van der Waals surface area contributed by atoms with Gasteiger partial charge in [-0.3, -0.25) is 0 Å². The molecule has 0 unspecified atom stereocenters. The summed E-state index contributed by atoms with van der Waals surface area (Å²) in [6.45, 7) is -0.274. The van der Waals surface area contributed by atoms with E-state index in [0.29, 0.717) is 24.8 Å². The maximum Gasteiger partial charge on any atom is 0.387 e. The van der Waals surface area contributed by atoms with Crippen LogP contribution in [0, 0.1) is 0 Å². The number of fused-ring (bicyclic) bond motifs is 1. The highest BCUT2D eigenvalue weighted by Crippen LogP contribution is 2.30. The summed E-state index contributed by atoms with van der Waals surface area (Å²) in [6, 6.07) is 12.6. The topological polar surface area (TPSA) is 59.2 Å². The zero-order chi connectivity index (χ0) is 16.9. The molecule has 0 aliphatic carbocycles. The fourth-order valence-electron chi connectivity index (χ4n) is 2.35.